The molecule has 6 heteroatoms. The summed E-state index contributed by atoms with van der Waals surface area (Å²) in [6.07, 6.45) is 6.51. The molecule has 27 heavy (non-hydrogen) atoms. The van der Waals surface area contributed by atoms with Crippen molar-refractivity contribution in [3.05, 3.63) is 40.2 Å². The molecule has 4 saturated carbocycles. The van der Waals surface area contributed by atoms with Gasteiger partial charge in [-0.3, -0.25) is 4.79 Å². The zero-order valence-corrected chi connectivity index (χ0v) is 14.8. The summed E-state index contributed by atoms with van der Waals surface area (Å²) >= 11 is 0. The summed E-state index contributed by atoms with van der Waals surface area (Å²) in [5.41, 5.74) is -1.49. The monoisotopic (exact) mass is 368 g/mol. The fourth-order valence-electron chi connectivity index (χ4n) is 5.88. The largest absolute Gasteiger partial charge is 0.477 e. The van der Waals surface area contributed by atoms with E-state index in [9.17, 15) is 14.4 Å². The summed E-state index contributed by atoms with van der Waals surface area (Å²) in [7, 11) is 0. The summed E-state index contributed by atoms with van der Waals surface area (Å²) in [5, 5.41) is 9.49. The van der Waals surface area contributed by atoms with E-state index >= 15 is 0 Å². The van der Waals surface area contributed by atoms with Crippen molar-refractivity contribution in [1.82, 2.24) is 0 Å². The number of aromatic carboxylic acids is 1. The molecule has 6 rings (SSSR count). The number of hydrogen-bond donors (Lipinski definition) is 1. The van der Waals surface area contributed by atoms with Crippen LogP contribution in [0.15, 0.2) is 33.5 Å². The summed E-state index contributed by atoms with van der Waals surface area (Å²) in [6, 6.07) is 5.98. The zero-order valence-electron chi connectivity index (χ0n) is 14.8. The first-order valence-corrected chi connectivity index (χ1v) is 9.45. The SMILES string of the molecule is O=C(O)c1cc2ccc(OC(=O)C34CC5CC(CC(C5)C3)C4)cc2oc1=O. The van der Waals surface area contributed by atoms with Crippen LogP contribution in [-0.4, -0.2) is 17.0 Å². The fraction of sp³-hybridized carbons (Fsp3) is 0.476. The van der Waals surface area contributed by atoms with Gasteiger partial charge in [-0.05, 0) is 74.5 Å². The van der Waals surface area contributed by atoms with E-state index in [1.54, 1.807) is 12.1 Å². The van der Waals surface area contributed by atoms with Crippen LogP contribution >= 0.6 is 0 Å². The van der Waals surface area contributed by atoms with Gasteiger partial charge >= 0.3 is 17.6 Å². The van der Waals surface area contributed by atoms with Crippen LogP contribution in [0.3, 0.4) is 0 Å². The van der Waals surface area contributed by atoms with Gasteiger partial charge in [0.15, 0.2) is 0 Å². The Morgan fingerprint density at radius 3 is 2.26 bits per heavy atom. The van der Waals surface area contributed by atoms with Crippen molar-refractivity contribution in [2.75, 3.05) is 0 Å². The van der Waals surface area contributed by atoms with Gasteiger partial charge in [-0.2, -0.15) is 0 Å². The second kappa shape index (κ2) is 5.68. The number of hydrogen-bond acceptors (Lipinski definition) is 5. The van der Waals surface area contributed by atoms with Crippen LogP contribution in [0.1, 0.15) is 48.9 Å². The third-order valence-corrected chi connectivity index (χ3v) is 6.62. The Labute approximate surface area is 155 Å². The molecule has 0 radical (unpaired) electrons. The Bertz CT molecular complexity index is 982. The first-order chi connectivity index (χ1) is 12.9. The van der Waals surface area contributed by atoms with Crippen LogP contribution in [0.25, 0.3) is 11.0 Å². The van der Waals surface area contributed by atoms with Crippen LogP contribution in [-0.2, 0) is 4.79 Å². The maximum absolute atomic E-state index is 13.0. The van der Waals surface area contributed by atoms with Crippen molar-refractivity contribution in [2.24, 2.45) is 23.2 Å². The lowest BCUT2D eigenvalue weighted by Gasteiger charge is -2.55. The van der Waals surface area contributed by atoms with Crippen LogP contribution in [0.2, 0.25) is 0 Å². The van der Waals surface area contributed by atoms with Crippen molar-refractivity contribution >= 4 is 22.9 Å². The van der Waals surface area contributed by atoms with Crippen molar-refractivity contribution in [1.29, 1.82) is 0 Å². The van der Waals surface area contributed by atoms with Crippen LogP contribution in [0.4, 0.5) is 0 Å². The molecule has 4 bridgehead atoms. The third-order valence-electron chi connectivity index (χ3n) is 6.62. The van der Waals surface area contributed by atoms with Crippen LogP contribution < -0.4 is 10.4 Å². The van der Waals surface area contributed by atoms with Gasteiger partial charge in [0.1, 0.15) is 16.9 Å². The molecule has 0 spiro atoms. The number of carboxylic acid groups (broad SMARTS) is 1. The molecule has 2 aromatic rings. The first-order valence-electron chi connectivity index (χ1n) is 9.45. The molecular formula is C21H20O6. The summed E-state index contributed by atoms with van der Waals surface area (Å²) < 4.78 is 10.8. The molecule has 6 nitrogen and oxygen atoms in total. The van der Waals surface area contributed by atoms with Crippen LogP contribution in [0, 0.1) is 23.2 Å². The number of rotatable bonds is 3. The summed E-state index contributed by atoms with van der Waals surface area (Å²) in [6.45, 7) is 0. The average molecular weight is 368 g/mol. The minimum atomic E-state index is -1.33. The van der Waals surface area contributed by atoms with Gasteiger partial charge < -0.3 is 14.3 Å². The second-order valence-electron chi connectivity index (χ2n) is 8.54. The molecule has 4 aliphatic carbocycles. The van der Waals surface area contributed by atoms with Gasteiger partial charge in [-0.15, -0.1) is 0 Å². The highest BCUT2D eigenvalue weighted by Gasteiger charge is 2.55. The van der Waals surface area contributed by atoms with Crippen molar-refractivity contribution in [2.45, 2.75) is 38.5 Å². The number of benzene rings is 1. The van der Waals surface area contributed by atoms with E-state index in [1.165, 1.54) is 31.4 Å². The number of carbonyl (C=O) groups is 2. The molecule has 0 atom stereocenters. The third kappa shape index (κ3) is 2.66. The van der Waals surface area contributed by atoms with E-state index in [-0.39, 0.29) is 17.0 Å². The van der Waals surface area contributed by atoms with E-state index in [4.69, 9.17) is 14.3 Å². The maximum atomic E-state index is 13.0. The van der Waals surface area contributed by atoms with Crippen molar-refractivity contribution in [3.63, 3.8) is 0 Å². The van der Waals surface area contributed by atoms with E-state index < -0.39 is 17.2 Å². The molecule has 1 heterocycles. The van der Waals surface area contributed by atoms with E-state index in [0.717, 1.165) is 19.3 Å². The predicted octanol–water partition coefficient (Wildman–Crippen LogP) is 3.61. The van der Waals surface area contributed by atoms with Gasteiger partial charge in [0, 0.05) is 11.5 Å². The molecule has 4 aliphatic rings. The molecule has 0 amide bonds. The van der Waals surface area contributed by atoms with Gasteiger partial charge in [0.25, 0.3) is 0 Å². The number of esters is 1. The molecule has 140 valence electrons. The lowest BCUT2D eigenvalue weighted by molar-refractivity contribution is -0.161. The fourth-order valence-corrected chi connectivity index (χ4v) is 5.88. The number of ether oxygens (including phenoxy) is 1. The highest BCUT2D eigenvalue weighted by molar-refractivity contribution is 5.92. The lowest BCUT2D eigenvalue weighted by atomic mass is 9.49. The molecule has 1 N–H and O–H groups in total. The van der Waals surface area contributed by atoms with E-state index in [0.29, 0.717) is 28.9 Å². The van der Waals surface area contributed by atoms with Crippen molar-refractivity contribution < 1.29 is 23.8 Å². The van der Waals surface area contributed by atoms with Crippen molar-refractivity contribution in [3.8, 4) is 5.75 Å². The normalized spacial score (nSPS) is 31.2. The Morgan fingerprint density at radius 2 is 1.67 bits per heavy atom. The molecule has 0 unspecified atom stereocenters. The highest BCUT2D eigenvalue weighted by Crippen LogP contribution is 2.60. The molecule has 0 saturated heterocycles. The molecular weight excluding hydrogens is 348 g/mol. The quantitative estimate of drug-likeness (QED) is 0.505. The highest BCUT2D eigenvalue weighted by atomic mass is 16.5. The Hall–Kier alpha value is -2.63. The number of fused-ring (bicyclic) bond motifs is 1. The molecule has 0 aliphatic heterocycles. The summed E-state index contributed by atoms with van der Waals surface area (Å²) in [4.78, 5) is 35.9. The standard InChI is InChI=1S/C21H20O6/c22-18(23)16-6-14-1-2-15(7-17(14)27-19(16)24)26-20(25)21-8-11-3-12(9-21)5-13(4-11)10-21/h1-2,6-7,11-13H,3-5,8-10H2,(H,22,23). The zero-order chi connectivity index (χ0) is 18.8. The molecule has 1 aromatic carbocycles. The lowest BCUT2D eigenvalue weighted by Crippen LogP contribution is -2.51. The minimum absolute atomic E-state index is 0.176. The Kier molecular flexibility index (Phi) is 3.48. The number of carboxylic acids is 1. The minimum Gasteiger partial charge on any atom is -0.477 e. The number of carbonyl (C=O) groups excluding carboxylic acids is 1. The average Bonchev–Trinajstić information content (AvgIpc) is 2.59. The Morgan fingerprint density at radius 1 is 1.04 bits per heavy atom. The summed E-state index contributed by atoms with van der Waals surface area (Å²) in [5.74, 6) is 0.761. The van der Waals surface area contributed by atoms with Gasteiger partial charge in [0.2, 0.25) is 0 Å². The topological polar surface area (TPSA) is 93.8 Å². The van der Waals surface area contributed by atoms with E-state index in [2.05, 4.69) is 0 Å². The second-order valence-corrected chi connectivity index (χ2v) is 8.54. The Balaban J connectivity index is 1.43. The molecule has 1 aromatic heterocycles. The predicted molar refractivity (Wildman–Crippen MR) is 95.7 cm³/mol. The first kappa shape index (κ1) is 16.5. The van der Waals surface area contributed by atoms with E-state index in [1.807, 2.05) is 0 Å². The van der Waals surface area contributed by atoms with Gasteiger partial charge in [-0.25, -0.2) is 9.59 Å². The molecule has 4 fully saturated rings. The smallest absolute Gasteiger partial charge is 0.351 e. The maximum Gasteiger partial charge on any atom is 0.351 e. The van der Waals surface area contributed by atoms with Gasteiger partial charge in [0.05, 0.1) is 5.41 Å². The van der Waals surface area contributed by atoms with Gasteiger partial charge in [-0.1, -0.05) is 0 Å². The van der Waals surface area contributed by atoms with Crippen LogP contribution in [0.5, 0.6) is 5.75 Å².